The topological polar surface area (TPSA) is 21.9 Å². The van der Waals surface area contributed by atoms with Crippen LogP contribution < -0.4 is 4.40 Å². The molecule has 0 amide bonds. The second-order valence-electron chi connectivity index (χ2n) is 7.33. The fraction of sp³-hybridized carbons (Fsp3) is 0.524. The Labute approximate surface area is 144 Å². The first kappa shape index (κ1) is 15.6. The van der Waals surface area contributed by atoms with E-state index in [0.29, 0.717) is 5.92 Å². The van der Waals surface area contributed by atoms with Crippen LogP contribution in [0.5, 0.6) is 0 Å². The summed E-state index contributed by atoms with van der Waals surface area (Å²) in [6.45, 7) is 9.27. The molecule has 0 spiro atoms. The molecular formula is C21H28N3+. The van der Waals surface area contributed by atoms with Crippen LogP contribution in [-0.2, 0) is 12.0 Å². The number of nitrogens with zero attached hydrogens (tertiary/aromatic N) is 3. The standard InChI is InChI=1S/C21H28N3/c1-5-8-9-16-10-11-17-15(4)21(6-2,7-3)24-20-19(17)18(16)12-13-23(20)14-22-24/h10-15H,5-9H2,1-4H3/q+1. The molecule has 3 aromatic rings. The predicted octanol–water partition coefficient (Wildman–Crippen LogP) is 4.75. The van der Waals surface area contributed by atoms with Crippen LogP contribution in [0.15, 0.2) is 30.7 Å². The van der Waals surface area contributed by atoms with Gasteiger partial charge in [0.05, 0.1) is 11.6 Å². The van der Waals surface area contributed by atoms with Crippen LogP contribution in [0.3, 0.4) is 0 Å². The maximum Gasteiger partial charge on any atom is 0.273 e. The van der Waals surface area contributed by atoms with Crippen molar-refractivity contribution in [3.63, 3.8) is 0 Å². The first-order chi connectivity index (χ1) is 11.7. The monoisotopic (exact) mass is 322 g/mol. The van der Waals surface area contributed by atoms with Gasteiger partial charge in [-0.25, -0.2) is 4.40 Å². The van der Waals surface area contributed by atoms with Gasteiger partial charge >= 0.3 is 0 Å². The number of pyridine rings is 1. The molecule has 0 saturated carbocycles. The van der Waals surface area contributed by atoms with E-state index in [0.717, 1.165) is 12.8 Å². The Hall–Kier alpha value is -1.90. The van der Waals surface area contributed by atoms with E-state index in [2.05, 4.69) is 61.2 Å². The summed E-state index contributed by atoms with van der Waals surface area (Å²) in [4.78, 5) is 0. The fourth-order valence-electron chi connectivity index (χ4n) is 4.85. The molecule has 1 aliphatic heterocycles. The molecule has 4 rings (SSSR count). The minimum absolute atomic E-state index is 0.0843. The molecule has 0 radical (unpaired) electrons. The lowest BCUT2D eigenvalue weighted by molar-refractivity contribution is -0.511. The Kier molecular flexibility index (Phi) is 3.63. The molecule has 0 fully saturated rings. The van der Waals surface area contributed by atoms with Gasteiger partial charge < -0.3 is 0 Å². The van der Waals surface area contributed by atoms with Crippen LogP contribution in [0, 0.1) is 0 Å². The molecule has 1 aliphatic rings. The molecule has 1 unspecified atom stereocenters. The van der Waals surface area contributed by atoms with E-state index in [1.165, 1.54) is 46.8 Å². The number of unbranched alkanes of at least 4 members (excludes halogenated alkanes) is 1. The van der Waals surface area contributed by atoms with Gasteiger partial charge in [0.1, 0.15) is 5.54 Å². The van der Waals surface area contributed by atoms with Crippen molar-refractivity contribution >= 4 is 16.4 Å². The molecule has 0 saturated heterocycles. The van der Waals surface area contributed by atoms with Crippen LogP contribution in [0.4, 0.5) is 0 Å². The van der Waals surface area contributed by atoms with Crippen LogP contribution in [-0.4, -0.2) is 9.78 Å². The summed E-state index contributed by atoms with van der Waals surface area (Å²) in [6, 6.07) is 7.07. The highest BCUT2D eigenvalue weighted by Crippen LogP contribution is 2.47. The zero-order chi connectivity index (χ0) is 16.9. The van der Waals surface area contributed by atoms with Gasteiger partial charge in [0.25, 0.3) is 12.0 Å². The van der Waals surface area contributed by atoms with E-state index in [-0.39, 0.29) is 5.54 Å². The van der Waals surface area contributed by atoms with E-state index in [9.17, 15) is 0 Å². The second kappa shape index (κ2) is 5.58. The van der Waals surface area contributed by atoms with Crippen LogP contribution in [0.25, 0.3) is 16.4 Å². The third kappa shape index (κ3) is 1.84. The fourth-order valence-corrected chi connectivity index (χ4v) is 4.85. The molecule has 3 heterocycles. The summed E-state index contributed by atoms with van der Waals surface area (Å²) in [7, 11) is 0. The average molecular weight is 322 g/mol. The number of hydrogen-bond donors (Lipinski definition) is 0. The zero-order valence-corrected chi connectivity index (χ0v) is 15.3. The summed E-state index contributed by atoms with van der Waals surface area (Å²) < 4.78 is 4.54. The second-order valence-corrected chi connectivity index (χ2v) is 7.33. The maximum atomic E-state index is 4.83. The Morgan fingerprint density at radius 3 is 2.67 bits per heavy atom. The maximum absolute atomic E-state index is 4.83. The summed E-state index contributed by atoms with van der Waals surface area (Å²) >= 11 is 0. The van der Waals surface area contributed by atoms with E-state index in [1.807, 2.05) is 6.33 Å². The van der Waals surface area contributed by atoms with E-state index >= 15 is 0 Å². The van der Waals surface area contributed by atoms with Gasteiger partial charge in [0, 0.05) is 11.0 Å². The highest BCUT2D eigenvalue weighted by Gasteiger charge is 2.47. The Bertz CT molecular complexity index is 902. The highest BCUT2D eigenvalue weighted by molar-refractivity contribution is 5.98. The minimum Gasteiger partial charge on any atom is -0.203 e. The molecule has 1 aromatic carbocycles. The predicted molar refractivity (Wildman–Crippen MR) is 98.5 cm³/mol. The molecule has 0 N–H and O–H groups in total. The number of aromatic nitrogens is 3. The molecule has 24 heavy (non-hydrogen) atoms. The highest BCUT2D eigenvalue weighted by atomic mass is 15.4. The van der Waals surface area contributed by atoms with Crippen molar-refractivity contribution in [2.75, 3.05) is 0 Å². The lowest BCUT2D eigenvalue weighted by Gasteiger charge is -2.37. The van der Waals surface area contributed by atoms with E-state index in [1.54, 1.807) is 0 Å². The van der Waals surface area contributed by atoms with Crippen molar-refractivity contribution in [2.45, 2.75) is 71.3 Å². The smallest absolute Gasteiger partial charge is 0.203 e. The normalized spacial score (nSPS) is 18.8. The van der Waals surface area contributed by atoms with Gasteiger partial charge in [-0.3, -0.25) is 0 Å². The largest absolute Gasteiger partial charge is 0.273 e. The van der Waals surface area contributed by atoms with Gasteiger partial charge in [-0.05, 0) is 48.3 Å². The zero-order valence-electron chi connectivity index (χ0n) is 15.3. The number of aryl methyl sites for hydroxylation is 1. The van der Waals surface area contributed by atoms with Crippen molar-refractivity contribution in [2.24, 2.45) is 0 Å². The molecule has 126 valence electrons. The molecule has 2 aromatic heterocycles. The van der Waals surface area contributed by atoms with Crippen LogP contribution >= 0.6 is 0 Å². The van der Waals surface area contributed by atoms with Crippen molar-refractivity contribution < 1.29 is 4.40 Å². The SMILES string of the molecule is CCCCc1ccc2c3c1cc[n+]1cnn(c31)C(CC)(CC)C2C. The van der Waals surface area contributed by atoms with Gasteiger partial charge in [-0.1, -0.05) is 46.2 Å². The Morgan fingerprint density at radius 1 is 1.17 bits per heavy atom. The van der Waals surface area contributed by atoms with Gasteiger partial charge in [0.2, 0.25) is 0 Å². The average Bonchev–Trinajstić information content (AvgIpc) is 3.06. The molecular weight excluding hydrogens is 294 g/mol. The van der Waals surface area contributed by atoms with Crippen molar-refractivity contribution in [1.82, 2.24) is 9.78 Å². The first-order valence-corrected chi connectivity index (χ1v) is 9.51. The van der Waals surface area contributed by atoms with Crippen molar-refractivity contribution in [3.05, 3.63) is 41.9 Å². The molecule has 3 nitrogen and oxygen atoms in total. The number of benzene rings is 1. The summed E-state index contributed by atoms with van der Waals surface area (Å²) in [6.07, 6.45) is 10.0. The van der Waals surface area contributed by atoms with Crippen molar-refractivity contribution in [1.29, 1.82) is 0 Å². The Balaban J connectivity index is 2.10. The van der Waals surface area contributed by atoms with Crippen LogP contribution in [0.2, 0.25) is 0 Å². The quantitative estimate of drug-likeness (QED) is 0.621. The van der Waals surface area contributed by atoms with Crippen LogP contribution in [0.1, 0.15) is 70.4 Å². The van der Waals surface area contributed by atoms with Gasteiger partial charge in [-0.2, -0.15) is 0 Å². The molecule has 1 atom stereocenters. The lowest BCUT2D eigenvalue weighted by atomic mass is 9.73. The van der Waals surface area contributed by atoms with E-state index in [4.69, 9.17) is 5.10 Å². The third-order valence-electron chi connectivity index (χ3n) is 6.45. The summed E-state index contributed by atoms with van der Waals surface area (Å²) in [5.74, 6) is 0.480. The third-order valence-corrected chi connectivity index (χ3v) is 6.45. The van der Waals surface area contributed by atoms with Gasteiger partial charge in [0.15, 0.2) is 0 Å². The Morgan fingerprint density at radius 2 is 1.96 bits per heavy atom. The van der Waals surface area contributed by atoms with E-state index < -0.39 is 0 Å². The number of hydrogen-bond acceptors (Lipinski definition) is 1. The minimum atomic E-state index is 0.0843. The first-order valence-electron chi connectivity index (χ1n) is 9.51. The molecule has 3 heteroatoms. The van der Waals surface area contributed by atoms with Crippen molar-refractivity contribution in [3.8, 4) is 0 Å². The summed E-state index contributed by atoms with van der Waals surface area (Å²) in [5, 5.41) is 7.68. The lowest BCUT2D eigenvalue weighted by Crippen LogP contribution is -2.42. The summed E-state index contributed by atoms with van der Waals surface area (Å²) in [5.41, 5.74) is 4.35. The van der Waals surface area contributed by atoms with Gasteiger partial charge in [-0.15, -0.1) is 4.68 Å². The molecule has 0 bridgehead atoms. The molecule has 0 aliphatic carbocycles. The number of rotatable bonds is 5.